The molecule has 4 heteroatoms. The van der Waals surface area contributed by atoms with Gasteiger partial charge in [0.05, 0.1) is 6.07 Å². The number of nitriles is 1. The monoisotopic (exact) mass is 208 g/mol. The smallest absolute Gasteiger partial charge is 0.111 e. The number of nitrogens with zero attached hydrogens (tertiary/aromatic N) is 3. The maximum atomic E-state index is 9.45. The second-order valence-corrected chi connectivity index (χ2v) is 4.68. The van der Waals surface area contributed by atoms with Crippen molar-refractivity contribution in [2.24, 2.45) is 0 Å². The number of likely N-dealkylation sites (tertiary alicyclic amines) is 1. The first-order valence-electron chi connectivity index (χ1n) is 5.82. The Kier molecular flexibility index (Phi) is 3.25. The first-order chi connectivity index (χ1) is 7.27. The lowest BCUT2D eigenvalue weighted by Crippen LogP contribution is -2.59. The number of rotatable bonds is 1. The third-order valence-corrected chi connectivity index (χ3v) is 3.74. The van der Waals surface area contributed by atoms with Gasteiger partial charge in [0.25, 0.3) is 0 Å². The van der Waals surface area contributed by atoms with Gasteiger partial charge in [0, 0.05) is 39.3 Å². The summed E-state index contributed by atoms with van der Waals surface area (Å²) in [6, 6.07) is 2.58. The van der Waals surface area contributed by atoms with Crippen LogP contribution in [0.3, 0.4) is 0 Å². The molecule has 2 aliphatic heterocycles. The fraction of sp³-hybridized carbons (Fsp3) is 0.909. The highest BCUT2D eigenvalue weighted by Crippen LogP contribution is 2.28. The first-order valence-corrected chi connectivity index (χ1v) is 5.82. The summed E-state index contributed by atoms with van der Waals surface area (Å²) in [4.78, 5) is 4.70. The second-order valence-electron chi connectivity index (χ2n) is 4.68. The van der Waals surface area contributed by atoms with Crippen molar-refractivity contribution in [2.75, 3.05) is 46.3 Å². The topological polar surface area (TPSA) is 42.3 Å². The van der Waals surface area contributed by atoms with Gasteiger partial charge in [0.1, 0.15) is 5.54 Å². The van der Waals surface area contributed by atoms with Crippen molar-refractivity contribution in [3.05, 3.63) is 0 Å². The molecule has 2 rings (SSSR count). The summed E-state index contributed by atoms with van der Waals surface area (Å²) in [7, 11) is 2.14. The molecule has 0 saturated carbocycles. The Balaban J connectivity index is 2.04. The number of piperazine rings is 1. The van der Waals surface area contributed by atoms with Crippen LogP contribution in [0.4, 0.5) is 0 Å². The van der Waals surface area contributed by atoms with Crippen LogP contribution in [-0.4, -0.2) is 61.7 Å². The molecule has 0 aliphatic carbocycles. The maximum Gasteiger partial charge on any atom is 0.111 e. The van der Waals surface area contributed by atoms with Crippen molar-refractivity contribution >= 4 is 0 Å². The molecule has 0 aromatic rings. The summed E-state index contributed by atoms with van der Waals surface area (Å²) in [6.07, 6.45) is 2.00. The van der Waals surface area contributed by atoms with E-state index in [0.29, 0.717) is 0 Å². The average molecular weight is 208 g/mol. The SMILES string of the molecule is CN1CCC(C#N)(N2CCNCC2)CC1. The molecule has 0 aromatic heterocycles. The molecular weight excluding hydrogens is 188 g/mol. The summed E-state index contributed by atoms with van der Waals surface area (Å²) in [5, 5.41) is 12.8. The van der Waals surface area contributed by atoms with E-state index >= 15 is 0 Å². The zero-order valence-electron chi connectivity index (χ0n) is 9.50. The molecule has 0 spiro atoms. The van der Waals surface area contributed by atoms with Crippen molar-refractivity contribution in [1.82, 2.24) is 15.1 Å². The molecule has 84 valence electrons. The molecule has 2 heterocycles. The fourth-order valence-corrected chi connectivity index (χ4v) is 2.58. The Morgan fingerprint density at radius 3 is 2.27 bits per heavy atom. The van der Waals surface area contributed by atoms with Crippen molar-refractivity contribution in [3.8, 4) is 6.07 Å². The number of piperidine rings is 1. The van der Waals surface area contributed by atoms with Crippen LogP contribution in [0.2, 0.25) is 0 Å². The molecule has 0 bridgehead atoms. The Labute approximate surface area is 91.8 Å². The summed E-state index contributed by atoms with van der Waals surface area (Å²) in [5.41, 5.74) is -0.172. The molecule has 1 N–H and O–H groups in total. The van der Waals surface area contributed by atoms with E-state index in [-0.39, 0.29) is 5.54 Å². The Morgan fingerprint density at radius 1 is 1.13 bits per heavy atom. The van der Waals surface area contributed by atoms with Crippen LogP contribution in [0.15, 0.2) is 0 Å². The van der Waals surface area contributed by atoms with Gasteiger partial charge in [0.15, 0.2) is 0 Å². The van der Waals surface area contributed by atoms with E-state index in [9.17, 15) is 5.26 Å². The lowest BCUT2D eigenvalue weighted by Gasteiger charge is -2.45. The maximum absolute atomic E-state index is 9.45. The molecular formula is C11H20N4. The Morgan fingerprint density at radius 2 is 1.73 bits per heavy atom. The van der Waals surface area contributed by atoms with Crippen LogP contribution in [0, 0.1) is 11.3 Å². The molecule has 0 amide bonds. The summed E-state index contributed by atoms with van der Waals surface area (Å²) >= 11 is 0. The Bertz CT molecular complexity index is 244. The van der Waals surface area contributed by atoms with Gasteiger partial charge in [-0.1, -0.05) is 0 Å². The molecule has 4 nitrogen and oxygen atoms in total. The normalized spacial score (nSPS) is 28.5. The Hall–Kier alpha value is -0.630. The molecule has 0 radical (unpaired) electrons. The summed E-state index contributed by atoms with van der Waals surface area (Å²) in [6.45, 7) is 6.21. The number of nitrogens with one attached hydrogen (secondary N) is 1. The van der Waals surface area contributed by atoms with Crippen LogP contribution >= 0.6 is 0 Å². The largest absolute Gasteiger partial charge is 0.314 e. The minimum atomic E-state index is -0.172. The first kappa shape index (κ1) is 10.9. The lowest BCUT2D eigenvalue weighted by atomic mass is 9.86. The summed E-state index contributed by atoms with van der Waals surface area (Å²) in [5.74, 6) is 0. The van der Waals surface area contributed by atoms with E-state index in [0.717, 1.165) is 52.1 Å². The van der Waals surface area contributed by atoms with Crippen molar-refractivity contribution in [2.45, 2.75) is 18.4 Å². The van der Waals surface area contributed by atoms with Gasteiger partial charge in [-0.05, 0) is 19.9 Å². The highest BCUT2D eigenvalue weighted by atomic mass is 15.3. The van der Waals surface area contributed by atoms with Gasteiger partial charge in [-0.15, -0.1) is 0 Å². The van der Waals surface area contributed by atoms with Gasteiger partial charge in [-0.3, -0.25) is 4.90 Å². The van der Waals surface area contributed by atoms with E-state index in [2.05, 4.69) is 28.2 Å². The second kappa shape index (κ2) is 4.48. The fourth-order valence-electron chi connectivity index (χ4n) is 2.58. The van der Waals surface area contributed by atoms with Gasteiger partial charge < -0.3 is 10.2 Å². The van der Waals surface area contributed by atoms with E-state index < -0.39 is 0 Å². The van der Waals surface area contributed by atoms with Crippen molar-refractivity contribution < 1.29 is 0 Å². The quantitative estimate of drug-likeness (QED) is 0.652. The highest BCUT2D eigenvalue weighted by molar-refractivity contribution is 5.11. The van der Waals surface area contributed by atoms with E-state index in [1.807, 2.05) is 0 Å². The standard InChI is InChI=1S/C11H20N4/c1-14-6-2-11(10-12,3-7-14)15-8-4-13-5-9-15/h13H,2-9H2,1H3. The number of hydrogen-bond donors (Lipinski definition) is 1. The minimum absolute atomic E-state index is 0.172. The van der Waals surface area contributed by atoms with Gasteiger partial charge in [-0.2, -0.15) is 5.26 Å². The van der Waals surface area contributed by atoms with Gasteiger partial charge >= 0.3 is 0 Å². The third-order valence-electron chi connectivity index (χ3n) is 3.74. The molecule has 15 heavy (non-hydrogen) atoms. The highest BCUT2D eigenvalue weighted by Gasteiger charge is 2.39. The van der Waals surface area contributed by atoms with E-state index in [4.69, 9.17) is 0 Å². The zero-order chi connectivity index (χ0) is 10.7. The third kappa shape index (κ3) is 2.15. The van der Waals surface area contributed by atoms with Crippen molar-refractivity contribution in [1.29, 1.82) is 5.26 Å². The van der Waals surface area contributed by atoms with Crippen LogP contribution in [0.1, 0.15) is 12.8 Å². The molecule has 0 aromatic carbocycles. The van der Waals surface area contributed by atoms with Gasteiger partial charge in [0.2, 0.25) is 0 Å². The molecule has 0 unspecified atom stereocenters. The lowest BCUT2D eigenvalue weighted by molar-refractivity contribution is 0.0598. The van der Waals surface area contributed by atoms with Crippen LogP contribution in [0.25, 0.3) is 0 Å². The van der Waals surface area contributed by atoms with Crippen LogP contribution in [-0.2, 0) is 0 Å². The van der Waals surface area contributed by atoms with Crippen molar-refractivity contribution in [3.63, 3.8) is 0 Å². The predicted molar refractivity (Wildman–Crippen MR) is 59.5 cm³/mol. The molecule has 2 fully saturated rings. The summed E-state index contributed by atoms with van der Waals surface area (Å²) < 4.78 is 0. The van der Waals surface area contributed by atoms with Crippen LogP contribution < -0.4 is 5.32 Å². The van der Waals surface area contributed by atoms with E-state index in [1.165, 1.54) is 0 Å². The predicted octanol–water partition coefficient (Wildman–Crippen LogP) is -0.120. The molecule has 2 saturated heterocycles. The zero-order valence-corrected chi connectivity index (χ0v) is 9.50. The van der Waals surface area contributed by atoms with Gasteiger partial charge in [-0.25, -0.2) is 0 Å². The number of hydrogen-bond acceptors (Lipinski definition) is 4. The minimum Gasteiger partial charge on any atom is -0.314 e. The molecule has 0 atom stereocenters. The average Bonchev–Trinajstić information content (AvgIpc) is 2.32. The van der Waals surface area contributed by atoms with E-state index in [1.54, 1.807) is 0 Å². The van der Waals surface area contributed by atoms with Crippen LogP contribution in [0.5, 0.6) is 0 Å². The molecule has 2 aliphatic rings.